The summed E-state index contributed by atoms with van der Waals surface area (Å²) in [5.74, 6) is 0.262. The topological polar surface area (TPSA) is 41.4 Å². The summed E-state index contributed by atoms with van der Waals surface area (Å²) in [4.78, 5) is 18.5. The molecule has 0 spiro atoms. The quantitative estimate of drug-likeness (QED) is 0.866. The van der Waals surface area contributed by atoms with Crippen LogP contribution in [-0.4, -0.2) is 45.1 Å². The number of carbonyl (C=O) groups excluding carboxylic acids is 1. The molecule has 5 nitrogen and oxygen atoms in total. The van der Waals surface area contributed by atoms with E-state index >= 15 is 0 Å². The lowest BCUT2D eigenvalue weighted by Gasteiger charge is -2.30. The molecule has 1 amide bonds. The average Bonchev–Trinajstić information content (AvgIpc) is 3.26. The van der Waals surface area contributed by atoms with Crippen LogP contribution in [0.2, 0.25) is 0 Å². The first-order chi connectivity index (χ1) is 11.2. The van der Waals surface area contributed by atoms with Gasteiger partial charge in [0.25, 0.3) is 0 Å². The van der Waals surface area contributed by atoms with E-state index in [0.717, 1.165) is 38.9 Å². The van der Waals surface area contributed by atoms with Crippen LogP contribution in [0, 0.1) is 0 Å². The number of nitrogens with zero attached hydrogens (tertiary/aromatic N) is 4. The molecule has 1 saturated heterocycles. The van der Waals surface area contributed by atoms with Crippen molar-refractivity contribution in [2.45, 2.75) is 31.8 Å². The molecular formula is C17H22N4OS. The maximum absolute atomic E-state index is 12.7. The second kappa shape index (κ2) is 6.09. The van der Waals surface area contributed by atoms with Crippen LogP contribution >= 0.6 is 11.3 Å². The van der Waals surface area contributed by atoms with Gasteiger partial charge in [0.15, 0.2) is 0 Å². The van der Waals surface area contributed by atoms with Gasteiger partial charge < -0.3 is 4.90 Å². The molecule has 122 valence electrons. The second-order valence-electron chi connectivity index (χ2n) is 6.51. The number of carbonyl (C=O) groups is 1. The molecule has 0 unspecified atom stereocenters. The van der Waals surface area contributed by atoms with Crippen LogP contribution in [0.5, 0.6) is 0 Å². The van der Waals surface area contributed by atoms with Gasteiger partial charge in [-0.2, -0.15) is 5.10 Å². The van der Waals surface area contributed by atoms with Gasteiger partial charge >= 0.3 is 0 Å². The van der Waals surface area contributed by atoms with Crippen LogP contribution in [0.3, 0.4) is 0 Å². The van der Waals surface area contributed by atoms with E-state index in [1.54, 1.807) is 0 Å². The molecule has 0 radical (unpaired) electrons. The van der Waals surface area contributed by atoms with Gasteiger partial charge in [0.05, 0.1) is 12.7 Å². The van der Waals surface area contributed by atoms with Gasteiger partial charge in [-0.1, -0.05) is 0 Å². The zero-order valence-corrected chi connectivity index (χ0v) is 14.3. The Hall–Kier alpha value is -1.66. The second-order valence-corrected chi connectivity index (χ2v) is 7.51. The van der Waals surface area contributed by atoms with Gasteiger partial charge in [-0.3, -0.25) is 14.4 Å². The molecule has 23 heavy (non-hydrogen) atoms. The van der Waals surface area contributed by atoms with Gasteiger partial charge in [-0.05, 0) is 42.8 Å². The first kappa shape index (κ1) is 14.9. The summed E-state index contributed by atoms with van der Waals surface area (Å²) < 4.78 is 1.84. The summed E-state index contributed by atoms with van der Waals surface area (Å²) in [6.45, 7) is 3.17. The fraction of sp³-hybridized carbons (Fsp3) is 0.529. The van der Waals surface area contributed by atoms with E-state index in [4.69, 9.17) is 0 Å². The number of hydrogen-bond acceptors (Lipinski definition) is 4. The van der Waals surface area contributed by atoms with Crippen LogP contribution in [0.25, 0.3) is 0 Å². The number of aryl methyl sites for hydroxylation is 1. The number of thiophene rings is 1. The lowest BCUT2D eigenvalue weighted by atomic mass is 10.1. The molecule has 2 aromatic rings. The van der Waals surface area contributed by atoms with Crippen molar-refractivity contribution in [1.29, 1.82) is 0 Å². The van der Waals surface area contributed by atoms with Crippen molar-refractivity contribution in [3.63, 3.8) is 0 Å². The molecule has 2 aliphatic heterocycles. The highest BCUT2D eigenvalue weighted by atomic mass is 32.1. The highest BCUT2D eigenvalue weighted by molar-refractivity contribution is 7.10. The number of amides is 1. The third-order valence-electron chi connectivity index (χ3n) is 4.97. The molecule has 1 atom stereocenters. The van der Waals surface area contributed by atoms with Crippen molar-refractivity contribution in [1.82, 2.24) is 19.6 Å². The van der Waals surface area contributed by atoms with Crippen molar-refractivity contribution in [2.75, 3.05) is 19.6 Å². The van der Waals surface area contributed by atoms with Gasteiger partial charge in [0.2, 0.25) is 5.91 Å². The summed E-state index contributed by atoms with van der Waals surface area (Å²) in [7, 11) is 1.94. The fourth-order valence-corrected chi connectivity index (χ4v) is 4.63. The highest BCUT2D eigenvalue weighted by Crippen LogP contribution is 2.31. The Labute approximate surface area is 140 Å². The SMILES string of the molecule is Cn1cc([C@H]2CCCN2CC(=O)N2CCc3sccc3C2)cn1. The highest BCUT2D eigenvalue weighted by Gasteiger charge is 2.30. The monoisotopic (exact) mass is 330 g/mol. The first-order valence-corrected chi connectivity index (χ1v) is 9.14. The minimum absolute atomic E-state index is 0.262. The Kier molecular flexibility index (Phi) is 3.95. The maximum atomic E-state index is 12.7. The third kappa shape index (κ3) is 2.93. The number of aromatic nitrogens is 2. The molecule has 4 heterocycles. The molecule has 0 aliphatic carbocycles. The Morgan fingerprint density at radius 1 is 1.43 bits per heavy atom. The Bertz CT molecular complexity index is 707. The van der Waals surface area contributed by atoms with Crippen LogP contribution in [0.15, 0.2) is 23.8 Å². The zero-order chi connectivity index (χ0) is 15.8. The smallest absolute Gasteiger partial charge is 0.237 e. The van der Waals surface area contributed by atoms with E-state index in [2.05, 4.69) is 27.6 Å². The fourth-order valence-electron chi connectivity index (χ4n) is 3.74. The van der Waals surface area contributed by atoms with Crippen LogP contribution in [-0.2, 0) is 24.8 Å². The van der Waals surface area contributed by atoms with Gasteiger partial charge in [-0.15, -0.1) is 11.3 Å². The molecule has 2 aromatic heterocycles. The van der Waals surface area contributed by atoms with Crippen molar-refractivity contribution in [3.05, 3.63) is 39.8 Å². The van der Waals surface area contributed by atoms with Gasteiger partial charge in [-0.25, -0.2) is 0 Å². The predicted molar refractivity (Wildman–Crippen MR) is 90.2 cm³/mol. The molecule has 1 fully saturated rings. The van der Waals surface area contributed by atoms with Crippen LogP contribution in [0.1, 0.15) is 34.9 Å². The first-order valence-electron chi connectivity index (χ1n) is 8.26. The van der Waals surface area contributed by atoms with Crippen LogP contribution < -0.4 is 0 Å². The Morgan fingerprint density at radius 2 is 2.35 bits per heavy atom. The molecule has 4 rings (SSSR count). The maximum Gasteiger partial charge on any atom is 0.237 e. The number of hydrogen-bond donors (Lipinski definition) is 0. The minimum Gasteiger partial charge on any atom is -0.337 e. The predicted octanol–water partition coefficient (Wildman–Crippen LogP) is 2.20. The summed E-state index contributed by atoms with van der Waals surface area (Å²) in [5, 5.41) is 6.42. The lowest BCUT2D eigenvalue weighted by molar-refractivity contribution is -0.133. The van der Waals surface area contributed by atoms with Gasteiger partial charge in [0.1, 0.15) is 0 Å². The largest absolute Gasteiger partial charge is 0.337 e. The van der Waals surface area contributed by atoms with E-state index in [9.17, 15) is 4.79 Å². The average molecular weight is 330 g/mol. The number of rotatable bonds is 3. The number of likely N-dealkylation sites (tertiary alicyclic amines) is 1. The van der Waals surface area contributed by atoms with E-state index in [1.807, 2.05) is 34.2 Å². The zero-order valence-electron chi connectivity index (χ0n) is 13.4. The van der Waals surface area contributed by atoms with Crippen molar-refractivity contribution in [3.8, 4) is 0 Å². The lowest BCUT2D eigenvalue weighted by Crippen LogP contribution is -2.42. The van der Waals surface area contributed by atoms with Crippen molar-refractivity contribution >= 4 is 17.2 Å². The van der Waals surface area contributed by atoms with E-state index < -0.39 is 0 Å². The van der Waals surface area contributed by atoms with Gasteiger partial charge in [0, 0.05) is 42.8 Å². The normalized spacial score (nSPS) is 21.6. The molecule has 2 aliphatic rings. The van der Waals surface area contributed by atoms with Crippen molar-refractivity contribution in [2.24, 2.45) is 7.05 Å². The Morgan fingerprint density at radius 3 is 3.17 bits per heavy atom. The van der Waals surface area contributed by atoms with Crippen molar-refractivity contribution < 1.29 is 4.79 Å². The summed E-state index contributed by atoms with van der Waals surface area (Å²) in [6.07, 6.45) is 7.29. The molecule has 0 N–H and O–H groups in total. The number of fused-ring (bicyclic) bond motifs is 1. The third-order valence-corrected chi connectivity index (χ3v) is 6.00. The Balaban J connectivity index is 1.42. The minimum atomic E-state index is 0.262. The summed E-state index contributed by atoms with van der Waals surface area (Å²) >= 11 is 1.81. The molecule has 0 bridgehead atoms. The molecular weight excluding hydrogens is 308 g/mol. The van der Waals surface area contributed by atoms with E-state index in [0.29, 0.717) is 12.6 Å². The van der Waals surface area contributed by atoms with E-state index in [-0.39, 0.29) is 5.91 Å². The molecule has 6 heteroatoms. The standard InChI is InChI=1S/C17H22N4OS/c1-19-10-14(9-18-19)15-3-2-6-20(15)12-17(22)21-7-4-16-13(11-21)5-8-23-16/h5,8-10,15H,2-4,6-7,11-12H2,1H3/t15-/m1/s1. The summed E-state index contributed by atoms with van der Waals surface area (Å²) in [6, 6.07) is 2.50. The summed E-state index contributed by atoms with van der Waals surface area (Å²) in [5.41, 5.74) is 2.57. The van der Waals surface area contributed by atoms with Crippen LogP contribution in [0.4, 0.5) is 0 Å². The van der Waals surface area contributed by atoms with E-state index in [1.165, 1.54) is 16.0 Å². The molecule has 0 aromatic carbocycles. The molecule has 0 saturated carbocycles.